The van der Waals surface area contributed by atoms with Crippen LogP contribution in [0, 0.1) is 10.1 Å². The first-order chi connectivity index (χ1) is 15.4. The van der Waals surface area contributed by atoms with E-state index >= 15 is 0 Å². The van der Waals surface area contributed by atoms with Gasteiger partial charge < -0.3 is 9.88 Å². The number of fused-ring (bicyclic) bond motifs is 1. The zero-order valence-corrected chi connectivity index (χ0v) is 17.8. The number of halogens is 1. The number of anilines is 1. The van der Waals surface area contributed by atoms with Gasteiger partial charge in [0.05, 0.1) is 16.0 Å². The van der Waals surface area contributed by atoms with Gasteiger partial charge in [0.15, 0.2) is 5.43 Å². The van der Waals surface area contributed by atoms with Gasteiger partial charge in [-0.15, -0.1) is 0 Å². The first kappa shape index (κ1) is 21.3. The summed E-state index contributed by atoms with van der Waals surface area (Å²) in [6.07, 6.45) is 0. The van der Waals surface area contributed by atoms with E-state index in [4.69, 9.17) is 11.6 Å². The minimum absolute atomic E-state index is 0.116. The molecular formula is C24H18ClN3O4. The van der Waals surface area contributed by atoms with Crippen LogP contribution in [0.1, 0.15) is 17.3 Å². The van der Waals surface area contributed by atoms with Crippen molar-refractivity contribution in [1.29, 1.82) is 0 Å². The number of non-ortho nitro benzene ring substituents is 1. The van der Waals surface area contributed by atoms with Gasteiger partial charge in [0, 0.05) is 40.2 Å². The first-order valence-electron chi connectivity index (χ1n) is 9.88. The van der Waals surface area contributed by atoms with Crippen LogP contribution in [-0.4, -0.2) is 15.4 Å². The molecule has 0 unspecified atom stereocenters. The summed E-state index contributed by atoms with van der Waals surface area (Å²) in [7, 11) is 0. The maximum Gasteiger partial charge on any atom is 0.269 e. The average Bonchev–Trinajstić information content (AvgIpc) is 2.80. The molecule has 1 amide bonds. The molecule has 4 aromatic rings. The third kappa shape index (κ3) is 3.74. The van der Waals surface area contributed by atoms with Gasteiger partial charge >= 0.3 is 0 Å². The van der Waals surface area contributed by atoms with E-state index < -0.39 is 10.8 Å². The van der Waals surface area contributed by atoms with Crippen molar-refractivity contribution < 1.29 is 9.72 Å². The molecule has 0 atom stereocenters. The van der Waals surface area contributed by atoms with E-state index in [9.17, 15) is 19.7 Å². The van der Waals surface area contributed by atoms with E-state index in [1.165, 1.54) is 24.3 Å². The molecule has 0 saturated heterocycles. The number of nitro groups is 1. The summed E-state index contributed by atoms with van der Waals surface area (Å²) >= 11 is 6.43. The molecule has 32 heavy (non-hydrogen) atoms. The molecule has 0 saturated carbocycles. The van der Waals surface area contributed by atoms with Crippen LogP contribution in [0.2, 0.25) is 5.02 Å². The van der Waals surface area contributed by atoms with Crippen molar-refractivity contribution in [2.45, 2.75) is 13.5 Å². The molecule has 0 aliphatic carbocycles. The minimum atomic E-state index is -0.532. The van der Waals surface area contributed by atoms with Crippen LogP contribution in [-0.2, 0) is 6.54 Å². The number of nitrogens with zero attached hydrogens (tertiary/aromatic N) is 2. The number of benzene rings is 3. The number of nitrogens with one attached hydrogen (secondary N) is 1. The number of amides is 1. The number of carbonyl (C=O) groups excluding carboxylic acids is 1. The Morgan fingerprint density at radius 2 is 1.69 bits per heavy atom. The Labute approximate surface area is 188 Å². The van der Waals surface area contributed by atoms with Crippen LogP contribution in [0.3, 0.4) is 0 Å². The lowest BCUT2D eigenvalue weighted by atomic mass is 10.0. The molecule has 160 valence electrons. The number of para-hydroxylation sites is 1. The first-order valence-corrected chi connectivity index (χ1v) is 10.3. The summed E-state index contributed by atoms with van der Waals surface area (Å²) in [5, 5.41) is 14.7. The second kappa shape index (κ2) is 8.64. The van der Waals surface area contributed by atoms with Crippen LogP contribution >= 0.6 is 11.6 Å². The van der Waals surface area contributed by atoms with Crippen molar-refractivity contribution >= 4 is 39.9 Å². The SMILES string of the molecule is CCn1c(NC(=O)c2ccc([N+](=O)[O-])cc2)c(-c2ccccc2Cl)c(=O)c2ccccc21. The highest BCUT2D eigenvalue weighted by Crippen LogP contribution is 2.33. The van der Waals surface area contributed by atoms with Crippen LogP contribution < -0.4 is 10.7 Å². The van der Waals surface area contributed by atoms with Crippen molar-refractivity contribution in [2.24, 2.45) is 0 Å². The fourth-order valence-corrected chi connectivity index (χ4v) is 3.92. The molecule has 0 aliphatic rings. The molecule has 0 bridgehead atoms. The zero-order chi connectivity index (χ0) is 22.8. The third-order valence-electron chi connectivity index (χ3n) is 5.20. The Kier molecular flexibility index (Phi) is 5.75. The lowest BCUT2D eigenvalue weighted by Crippen LogP contribution is -2.22. The second-order valence-electron chi connectivity index (χ2n) is 7.05. The van der Waals surface area contributed by atoms with E-state index in [0.29, 0.717) is 33.9 Å². The normalized spacial score (nSPS) is 10.8. The highest BCUT2D eigenvalue weighted by Gasteiger charge is 2.22. The lowest BCUT2D eigenvalue weighted by Gasteiger charge is -2.20. The molecule has 0 spiro atoms. The number of nitro benzene ring substituents is 1. The molecule has 0 radical (unpaired) electrons. The standard InChI is InChI=1S/C24H18ClN3O4/c1-2-27-20-10-6-4-8-18(20)22(29)21(17-7-3-5-9-19(17)25)23(27)26-24(30)15-11-13-16(14-12-15)28(31)32/h3-14H,2H2,1H3,(H,26,30). The topological polar surface area (TPSA) is 94.2 Å². The van der Waals surface area contributed by atoms with Gasteiger partial charge in [-0.2, -0.15) is 0 Å². The Bertz CT molecular complexity index is 1410. The van der Waals surface area contributed by atoms with Gasteiger partial charge in [-0.3, -0.25) is 19.7 Å². The molecule has 0 aliphatic heterocycles. The number of rotatable bonds is 5. The Balaban J connectivity index is 1.94. The van der Waals surface area contributed by atoms with Gasteiger partial charge in [0.1, 0.15) is 5.82 Å². The van der Waals surface area contributed by atoms with Crippen LogP contribution in [0.25, 0.3) is 22.0 Å². The van der Waals surface area contributed by atoms with Crippen molar-refractivity contribution in [3.8, 4) is 11.1 Å². The summed E-state index contributed by atoms with van der Waals surface area (Å²) < 4.78 is 1.85. The quantitative estimate of drug-likeness (QED) is 0.322. The summed E-state index contributed by atoms with van der Waals surface area (Å²) in [5.74, 6) is -0.183. The second-order valence-corrected chi connectivity index (χ2v) is 7.46. The van der Waals surface area contributed by atoms with E-state index in [1.54, 1.807) is 36.4 Å². The number of aryl methyl sites for hydroxylation is 1. The summed E-state index contributed by atoms with van der Waals surface area (Å²) in [6.45, 7) is 2.39. The van der Waals surface area contributed by atoms with E-state index in [2.05, 4.69) is 5.32 Å². The van der Waals surface area contributed by atoms with Gasteiger partial charge in [0.25, 0.3) is 11.6 Å². The molecule has 4 rings (SSSR count). The highest BCUT2D eigenvalue weighted by molar-refractivity contribution is 6.33. The molecule has 1 N–H and O–H groups in total. The summed E-state index contributed by atoms with van der Waals surface area (Å²) in [4.78, 5) is 36.9. The number of carbonyl (C=O) groups is 1. The molecule has 1 aromatic heterocycles. The fourth-order valence-electron chi connectivity index (χ4n) is 3.69. The van der Waals surface area contributed by atoms with E-state index in [0.717, 1.165) is 0 Å². The number of aromatic nitrogens is 1. The minimum Gasteiger partial charge on any atom is -0.327 e. The average molecular weight is 448 g/mol. The molecule has 8 heteroatoms. The maximum absolute atomic E-state index is 13.5. The summed E-state index contributed by atoms with van der Waals surface area (Å²) in [6, 6.07) is 19.4. The molecule has 7 nitrogen and oxygen atoms in total. The molecule has 3 aromatic carbocycles. The monoisotopic (exact) mass is 447 g/mol. The Hall–Kier alpha value is -3.97. The largest absolute Gasteiger partial charge is 0.327 e. The van der Waals surface area contributed by atoms with Crippen LogP contribution in [0.15, 0.2) is 77.6 Å². The van der Waals surface area contributed by atoms with Gasteiger partial charge in [-0.05, 0) is 37.3 Å². The van der Waals surface area contributed by atoms with Gasteiger partial charge in [0.2, 0.25) is 0 Å². The Morgan fingerprint density at radius 3 is 2.34 bits per heavy atom. The van der Waals surface area contributed by atoms with Crippen molar-refractivity contribution in [2.75, 3.05) is 5.32 Å². The van der Waals surface area contributed by atoms with Crippen molar-refractivity contribution in [3.05, 3.63) is 104 Å². The fraction of sp³-hybridized carbons (Fsp3) is 0.0833. The lowest BCUT2D eigenvalue weighted by molar-refractivity contribution is -0.384. The highest BCUT2D eigenvalue weighted by atomic mass is 35.5. The Morgan fingerprint density at radius 1 is 1.03 bits per heavy atom. The van der Waals surface area contributed by atoms with Crippen LogP contribution in [0.5, 0.6) is 0 Å². The number of pyridine rings is 1. The predicted octanol–water partition coefficient (Wildman–Crippen LogP) is 5.50. The maximum atomic E-state index is 13.5. The predicted molar refractivity (Wildman–Crippen MR) is 125 cm³/mol. The van der Waals surface area contributed by atoms with Crippen molar-refractivity contribution in [3.63, 3.8) is 0 Å². The zero-order valence-electron chi connectivity index (χ0n) is 17.0. The molecule has 1 heterocycles. The molecule has 0 fully saturated rings. The third-order valence-corrected chi connectivity index (χ3v) is 5.53. The number of hydrogen-bond donors (Lipinski definition) is 1. The molecular weight excluding hydrogens is 430 g/mol. The van der Waals surface area contributed by atoms with E-state index in [-0.39, 0.29) is 22.2 Å². The van der Waals surface area contributed by atoms with Gasteiger partial charge in [-0.25, -0.2) is 0 Å². The number of hydrogen-bond acceptors (Lipinski definition) is 4. The van der Waals surface area contributed by atoms with Gasteiger partial charge in [-0.1, -0.05) is 41.9 Å². The summed E-state index contributed by atoms with van der Waals surface area (Å²) in [5.41, 5.74) is 1.32. The van der Waals surface area contributed by atoms with Crippen LogP contribution in [0.4, 0.5) is 11.5 Å². The van der Waals surface area contributed by atoms with Crippen molar-refractivity contribution in [1.82, 2.24) is 4.57 Å². The smallest absolute Gasteiger partial charge is 0.269 e. The van der Waals surface area contributed by atoms with E-state index in [1.807, 2.05) is 23.6 Å².